The summed E-state index contributed by atoms with van der Waals surface area (Å²) in [6.07, 6.45) is 4.99. The number of aryl methyl sites for hydroxylation is 2. The molecule has 0 unspecified atom stereocenters. The van der Waals surface area contributed by atoms with Crippen LogP contribution >= 0.6 is 0 Å². The molecule has 0 radical (unpaired) electrons. The normalized spacial score (nSPS) is 15.2. The first-order chi connectivity index (χ1) is 20.2. The number of likely N-dealkylation sites (N-methyl/N-ethyl adjacent to an activating group) is 1. The van der Waals surface area contributed by atoms with E-state index in [1.165, 1.54) is 10.9 Å². The minimum atomic E-state index is -0.539. The lowest BCUT2D eigenvalue weighted by molar-refractivity contribution is -0.116. The van der Waals surface area contributed by atoms with Crippen LogP contribution in [0.1, 0.15) is 35.3 Å². The molecule has 0 atom stereocenters. The molecule has 1 aromatic carbocycles. The van der Waals surface area contributed by atoms with Gasteiger partial charge in [-0.3, -0.25) is 14.4 Å². The Hall–Kier alpha value is -4.38. The zero-order valence-electron chi connectivity index (χ0n) is 26.2. The predicted octanol–water partition coefficient (Wildman–Crippen LogP) is -0.801. The molecule has 5 rings (SSSR count). The molecule has 1 aliphatic heterocycles. The summed E-state index contributed by atoms with van der Waals surface area (Å²) < 4.78 is 3.09. The third-order valence-corrected chi connectivity index (χ3v) is 8.76. The maximum absolute atomic E-state index is 13.5. The van der Waals surface area contributed by atoms with Crippen LogP contribution in [0.25, 0.3) is 22.2 Å². The van der Waals surface area contributed by atoms with Gasteiger partial charge in [-0.05, 0) is 57.5 Å². The van der Waals surface area contributed by atoms with Gasteiger partial charge in [-0.15, -0.1) is 0 Å². The average Bonchev–Trinajstić information content (AvgIpc) is 3.28. The molecule has 43 heavy (non-hydrogen) atoms. The topological polar surface area (TPSA) is 131 Å². The van der Waals surface area contributed by atoms with E-state index in [-0.39, 0.29) is 23.6 Å². The molecule has 3 aromatic heterocycles. The second kappa shape index (κ2) is 11.0. The molecular formula is C30H38B2N8O3. The summed E-state index contributed by atoms with van der Waals surface area (Å²) in [6.45, 7) is 10.8. The largest absolute Gasteiger partial charge is 0.366 e. The van der Waals surface area contributed by atoms with Crippen LogP contribution in [-0.2, 0) is 18.4 Å². The van der Waals surface area contributed by atoms with Gasteiger partial charge in [0.1, 0.15) is 33.7 Å². The van der Waals surface area contributed by atoms with Crippen LogP contribution in [-0.4, -0.2) is 83.7 Å². The van der Waals surface area contributed by atoms with E-state index in [0.717, 1.165) is 47.5 Å². The molecule has 13 heteroatoms. The van der Waals surface area contributed by atoms with Crippen LogP contribution in [0.4, 0.5) is 11.5 Å². The lowest BCUT2D eigenvalue weighted by atomic mass is 9.72. The number of benzene rings is 1. The number of fused-ring (bicyclic) bond motifs is 1. The summed E-state index contributed by atoms with van der Waals surface area (Å²) in [4.78, 5) is 52.9. The van der Waals surface area contributed by atoms with E-state index < -0.39 is 5.91 Å². The molecule has 222 valence electrons. The van der Waals surface area contributed by atoms with Gasteiger partial charge in [0.15, 0.2) is 0 Å². The fraction of sp³-hybridized carbons (Fsp3) is 0.367. The predicted molar refractivity (Wildman–Crippen MR) is 177 cm³/mol. The van der Waals surface area contributed by atoms with Crippen molar-refractivity contribution in [1.82, 2.24) is 24.0 Å². The van der Waals surface area contributed by atoms with E-state index in [1.807, 2.05) is 35.6 Å². The zero-order chi connectivity index (χ0) is 31.4. The number of primary amides is 1. The highest BCUT2D eigenvalue weighted by Crippen LogP contribution is 2.30. The number of carbonyl (C=O) groups excluding carboxylic acids is 2. The molecule has 0 aliphatic carbocycles. The highest BCUT2D eigenvalue weighted by Gasteiger charge is 2.33. The first kappa shape index (κ1) is 30.1. The Morgan fingerprint density at radius 1 is 1.07 bits per heavy atom. The summed E-state index contributed by atoms with van der Waals surface area (Å²) in [7, 11) is 7.63. The van der Waals surface area contributed by atoms with Crippen LogP contribution in [0.5, 0.6) is 0 Å². The number of nitrogens with one attached hydrogen (secondary N) is 1. The molecule has 0 spiro atoms. The van der Waals surface area contributed by atoms with Crippen molar-refractivity contribution >= 4 is 61.0 Å². The first-order valence-corrected chi connectivity index (χ1v) is 14.4. The minimum Gasteiger partial charge on any atom is -0.366 e. The molecule has 2 amide bonds. The number of hydrogen-bond acceptors (Lipinski definition) is 7. The summed E-state index contributed by atoms with van der Waals surface area (Å²) in [5.41, 5.74) is 11.6. The van der Waals surface area contributed by atoms with Gasteiger partial charge in [0.25, 0.3) is 5.56 Å². The lowest BCUT2D eigenvalue weighted by Crippen LogP contribution is -2.58. The van der Waals surface area contributed by atoms with Crippen molar-refractivity contribution in [2.45, 2.75) is 39.8 Å². The van der Waals surface area contributed by atoms with Gasteiger partial charge in [-0.2, -0.15) is 0 Å². The fourth-order valence-corrected chi connectivity index (χ4v) is 6.13. The number of pyridine rings is 1. The van der Waals surface area contributed by atoms with Crippen molar-refractivity contribution in [2.75, 3.05) is 36.9 Å². The molecule has 1 saturated heterocycles. The molecule has 0 bridgehead atoms. The van der Waals surface area contributed by atoms with E-state index in [9.17, 15) is 14.4 Å². The van der Waals surface area contributed by atoms with Crippen molar-refractivity contribution in [1.29, 1.82) is 0 Å². The van der Waals surface area contributed by atoms with Crippen LogP contribution in [0.2, 0.25) is 0 Å². The third-order valence-electron chi connectivity index (χ3n) is 8.76. The van der Waals surface area contributed by atoms with Crippen molar-refractivity contribution in [3.05, 3.63) is 57.9 Å². The second-order valence-corrected chi connectivity index (χ2v) is 12.3. The maximum atomic E-state index is 13.5. The maximum Gasteiger partial charge on any atom is 0.263 e. The lowest BCUT2D eigenvalue weighted by Gasteiger charge is -2.47. The number of amides is 2. The summed E-state index contributed by atoms with van der Waals surface area (Å²) in [5.74, 6) is 0.00910. The number of piperazine rings is 1. The quantitative estimate of drug-likeness (QED) is 0.286. The first-order valence-electron chi connectivity index (χ1n) is 14.4. The Morgan fingerprint density at radius 3 is 2.47 bits per heavy atom. The van der Waals surface area contributed by atoms with E-state index in [4.69, 9.17) is 5.73 Å². The summed E-state index contributed by atoms with van der Waals surface area (Å²) in [5, 5.41) is 3.43. The summed E-state index contributed by atoms with van der Waals surface area (Å²) in [6, 6.07) is 3.66. The number of rotatable bonds is 6. The molecule has 11 nitrogen and oxygen atoms in total. The number of aromatic nitrogens is 4. The van der Waals surface area contributed by atoms with Gasteiger partial charge in [0, 0.05) is 67.5 Å². The Bertz CT molecular complexity index is 1850. The average molecular weight is 580 g/mol. The fourth-order valence-electron chi connectivity index (χ4n) is 6.13. The number of hydrogen-bond donors (Lipinski definition) is 2. The SMILES string of the molecule is Bc1c(-c2cn(CC(=O)Nc3cc(N4CCN(C)CC4(C)C)ncc3C)c3ncn(C)c(=O)c23)cc(C(N)=O)c(C)c1B. The van der Waals surface area contributed by atoms with Crippen LogP contribution in [0, 0.1) is 13.8 Å². The number of anilines is 2. The molecule has 3 N–H and O–H groups in total. The standard InChI is InChI=1S/C30H38B2N8O3/c1-16-11-34-22(40-8-7-37(5)14-30(40,3)4)10-21(16)36-23(41)13-39-12-20(24-28(39)35-15-38(6)29(24)43)19-9-18(27(33)42)17(2)25(31)26(19)32/h9-12,15H,7-8,13-14,31-32H2,1-6H3,(H2,33,42)(H,34,36,41). The number of carbonyl (C=O) groups is 2. The van der Waals surface area contributed by atoms with Gasteiger partial charge >= 0.3 is 0 Å². The third kappa shape index (κ3) is 5.45. The molecule has 1 fully saturated rings. The minimum absolute atomic E-state index is 0.0691. The van der Waals surface area contributed by atoms with E-state index in [1.54, 1.807) is 30.1 Å². The van der Waals surface area contributed by atoms with E-state index in [2.05, 4.69) is 46.0 Å². The molecule has 0 saturated carbocycles. The Labute approximate surface area is 252 Å². The van der Waals surface area contributed by atoms with Gasteiger partial charge in [0.2, 0.25) is 11.8 Å². The number of nitrogens with zero attached hydrogens (tertiary/aromatic N) is 6. The Morgan fingerprint density at radius 2 is 1.79 bits per heavy atom. The van der Waals surface area contributed by atoms with Gasteiger partial charge < -0.3 is 30.0 Å². The van der Waals surface area contributed by atoms with Gasteiger partial charge in [0.05, 0.1) is 11.7 Å². The monoisotopic (exact) mass is 580 g/mol. The second-order valence-electron chi connectivity index (χ2n) is 12.3. The number of nitrogens with two attached hydrogens (primary N) is 1. The highest BCUT2D eigenvalue weighted by atomic mass is 16.2. The molecule has 4 heterocycles. The zero-order valence-corrected chi connectivity index (χ0v) is 26.2. The van der Waals surface area contributed by atoms with E-state index >= 15 is 0 Å². The summed E-state index contributed by atoms with van der Waals surface area (Å²) >= 11 is 0. The van der Waals surface area contributed by atoms with Crippen molar-refractivity contribution in [2.24, 2.45) is 12.8 Å². The van der Waals surface area contributed by atoms with Gasteiger partial charge in [-0.25, -0.2) is 9.97 Å². The van der Waals surface area contributed by atoms with Crippen molar-refractivity contribution in [3.63, 3.8) is 0 Å². The highest BCUT2D eigenvalue weighted by molar-refractivity contribution is 6.52. The Balaban J connectivity index is 1.52. The molecule has 4 aromatic rings. The van der Waals surface area contributed by atoms with Crippen molar-refractivity contribution < 1.29 is 9.59 Å². The van der Waals surface area contributed by atoms with Crippen LogP contribution < -0.4 is 32.4 Å². The van der Waals surface area contributed by atoms with Crippen LogP contribution in [0.3, 0.4) is 0 Å². The Kier molecular flexibility index (Phi) is 7.72. The van der Waals surface area contributed by atoms with Gasteiger partial charge in [-0.1, -0.05) is 10.9 Å². The van der Waals surface area contributed by atoms with E-state index in [0.29, 0.717) is 33.4 Å². The molecular weight excluding hydrogens is 542 g/mol. The molecule has 1 aliphatic rings. The van der Waals surface area contributed by atoms with Crippen LogP contribution in [0.15, 0.2) is 35.6 Å². The smallest absolute Gasteiger partial charge is 0.263 e. The van der Waals surface area contributed by atoms with Crippen molar-refractivity contribution in [3.8, 4) is 11.1 Å².